The van der Waals surface area contributed by atoms with E-state index < -0.39 is 0 Å². The summed E-state index contributed by atoms with van der Waals surface area (Å²) in [5, 5.41) is 6.57. The SMILES string of the molecule is CN1CCN(c2ncnc3c2cnn3Cc2cccc(Cl)c2Cl)CC1. The molecule has 0 N–H and O–H groups in total. The largest absolute Gasteiger partial charge is 0.353 e. The van der Waals surface area contributed by atoms with Gasteiger partial charge in [0.15, 0.2) is 5.65 Å². The van der Waals surface area contributed by atoms with Crippen LogP contribution in [0.5, 0.6) is 0 Å². The maximum absolute atomic E-state index is 6.31. The van der Waals surface area contributed by atoms with E-state index in [1.54, 1.807) is 12.4 Å². The predicted molar refractivity (Wildman–Crippen MR) is 101 cm³/mol. The molecule has 1 fully saturated rings. The molecule has 0 aliphatic carbocycles. The summed E-state index contributed by atoms with van der Waals surface area (Å²) < 4.78 is 1.84. The van der Waals surface area contributed by atoms with Crippen molar-refractivity contribution in [1.82, 2.24) is 24.6 Å². The highest BCUT2D eigenvalue weighted by atomic mass is 35.5. The van der Waals surface area contributed by atoms with Crippen LogP contribution in [0.3, 0.4) is 0 Å². The summed E-state index contributed by atoms with van der Waals surface area (Å²) in [7, 11) is 2.14. The van der Waals surface area contributed by atoms with E-state index in [0.29, 0.717) is 16.6 Å². The number of hydrogen-bond donors (Lipinski definition) is 0. The summed E-state index contributed by atoms with van der Waals surface area (Å²) in [6.07, 6.45) is 3.44. The number of piperazine rings is 1. The molecule has 0 bridgehead atoms. The first-order valence-electron chi connectivity index (χ1n) is 8.16. The number of benzene rings is 1. The summed E-state index contributed by atoms with van der Waals surface area (Å²) in [4.78, 5) is 13.6. The third-order valence-corrected chi connectivity index (χ3v) is 5.43. The van der Waals surface area contributed by atoms with Gasteiger partial charge in [0.2, 0.25) is 0 Å². The number of halogens is 2. The number of likely N-dealkylation sites (N-methyl/N-ethyl adjacent to an activating group) is 1. The Morgan fingerprint density at radius 3 is 2.68 bits per heavy atom. The molecule has 0 radical (unpaired) electrons. The summed E-state index contributed by atoms with van der Waals surface area (Å²) in [5.74, 6) is 0.946. The van der Waals surface area contributed by atoms with Gasteiger partial charge in [-0.3, -0.25) is 0 Å². The van der Waals surface area contributed by atoms with Gasteiger partial charge in [0, 0.05) is 26.2 Å². The van der Waals surface area contributed by atoms with Crippen molar-refractivity contribution < 1.29 is 0 Å². The van der Waals surface area contributed by atoms with E-state index in [1.165, 1.54) is 0 Å². The Bertz CT molecular complexity index is 901. The molecule has 0 amide bonds. The van der Waals surface area contributed by atoms with Crippen LogP contribution in [0.4, 0.5) is 5.82 Å². The molecule has 1 aliphatic rings. The molecule has 1 aromatic carbocycles. The third-order valence-electron chi connectivity index (χ3n) is 4.57. The Hall–Kier alpha value is -1.89. The van der Waals surface area contributed by atoms with E-state index in [0.717, 1.165) is 48.6 Å². The van der Waals surface area contributed by atoms with Gasteiger partial charge in [-0.1, -0.05) is 35.3 Å². The van der Waals surface area contributed by atoms with Crippen LogP contribution in [0.25, 0.3) is 11.0 Å². The minimum Gasteiger partial charge on any atom is -0.353 e. The minimum atomic E-state index is 0.516. The number of rotatable bonds is 3. The van der Waals surface area contributed by atoms with Gasteiger partial charge in [-0.15, -0.1) is 0 Å². The van der Waals surface area contributed by atoms with E-state index in [4.69, 9.17) is 23.2 Å². The molecule has 0 spiro atoms. The molecular formula is C17H18Cl2N6. The predicted octanol–water partition coefficient (Wildman–Crippen LogP) is 2.93. The maximum Gasteiger partial charge on any atom is 0.163 e. The zero-order chi connectivity index (χ0) is 17.4. The molecule has 25 heavy (non-hydrogen) atoms. The van der Waals surface area contributed by atoms with Crippen LogP contribution < -0.4 is 4.90 Å². The van der Waals surface area contributed by atoms with Crippen molar-refractivity contribution in [3.8, 4) is 0 Å². The van der Waals surface area contributed by atoms with Crippen LogP contribution in [-0.2, 0) is 6.54 Å². The van der Waals surface area contributed by atoms with Crippen molar-refractivity contribution >= 4 is 40.1 Å². The lowest BCUT2D eigenvalue weighted by Crippen LogP contribution is -2.44. The van der Waals surface area contributed by atoms with Gasteiger partial charge in [0.1, 0.15) is 12.1 Å². The summed E-state index contributed by atoms with van der Waals surface area (Å²) in [5.41, 5.74) is 1.72. The van der Waals surface area contributed by atoms with Gasteiger partial charge in [-0.25, -0.2) is 14.6 Å². The van der Waals surface area contributed by atoms with Gasteiger partial charge in [0.25, 0.3) is 0 Å². The monoisotopic (exact) mass is 376 g/mol. The van der Waals surface area contributed by atoms with Crippen molar-refractivity contribution in [3.05, 3.63) is 46.3 Å². The zero-order valence-corrected chi connectivity index (χ0v) is 15.4. The van der Waals surface area contributed by atoms with Crippen LogP contribution >= 0.6 is 23.2 Å². The summed E-state index contributed by atoms with van der Waals surface area (Å²) in [6, 6.07) is 5.62. The standard InChI is InChI=1S/C17H18Cl2N6/c1-23-5-7-24(8-6-23)16-13-9-22-25(17(13)21-11-20-16)10-12-3-2-4-14(18)15(12)19/h2-4,9,11H,5-8,10H2,1H3. The Morgan fingerprint density at radius 2 is 1.88 bits per heavy atom. The molecule has 2 aromatic heterocycles. The number of aromatic nitrogens is 4. The molecule has 0 saturated carbocycles. The summed E-state index contributed by atoms with van der Waals surface area (Å²) >= 11 is 12.4. The highest BCUT2D eigenvalue weighted by Crippen LogP contribution is 2.28. The van der Waals surface area contributed by atoms with Gasteiger partial charge in [0.05, 0.1) is 28.2 Å². The molecule has 3 heterocycles. The molecular weight excluding hydrogens is 359 g/mol. The molecule has 0 atom stereocenters. The molecule has 1 saturated heterocycles. The molecule has 8 heteroatoms. The van der Waals surface area contributed by atoms with E-state index in [9.17, 15) is 0 Å². The lowest BCUT2D eigenvalue weighted by atomic mass is 10.2. The number of hydrogen-bond acceptors (Lipinski definition) is 5. The lowest BCUT2D eigenvalue weighted by molar-refractivity contribution is 0.312. The van der Waals surface area contributed by atoms with Crippen molar-refractivity contribution in [2.45, 2.75) is 6.54 Å². The van der Waals surface area contributed by atoms with E-state index >= 15 is 0 Å². The normalized spacial score (nSPS) is 15.9. The fourth-order valence-electron chi connectivity index (χ4n) is 3.10. The van der Waals surface area contributed by atoms with Gasteiger partial charge in [-0.2, -0.15) is 5.10 Å². The number of fused-ring (bicyclic) bond motifs is 1. The zero-order valence-electron chi connectivity index (χ0n) is 13.9. The second-order valence-electron chi connectivity index (χ2n) is 6.24. The molecule has 0 unspecified atom stereocenters. The summed E-state index contributed by atoms with van der Waals surface area (Å²) in [6.45, 7) is 4.47. The van der Waals surface area contributed by atoms with Gasteiger partial charge in [-0.05, 0) is 18.7 Å². The van der Waals surface area contributed by atoms with E-state index in [2.05, 4.69) is 31.9 Å². The highest BCUT2D eigenvalue weighted by molar-refractivity contribution is 6.42. The average molecular weight is 377 g/mol. The van der Waals surface area contributed by atoms with Crippen LogP contribution in [0.1, 0.15) is 5.56 Å². The third kappa shape index (κ3) is 3.17. The van der Waals surface area contributed by atoms with E-state index in [-0.39, 0.29) is 0 Å². The first-order valence-corrected chi connectivity index (χ1v) is 8.92. The van der Waals surface area contributed by atoms with Crippen LogP contribution in [0.15, 0.2) is 30.7 Å². The fraction of sp³-hybridized carbons (Fsp3) is 0.353. The first-order chi connectivity index (χ1) is 12.1. The second kappa shape index (κ2) is 6.78. The average Bonchev–Trinajstić information content (AvgIpc) is 3.03. The van der Waals surface area contributed by atoms with Gasteiger partial charge < -0.3 is 9.80 Å². The topological polar surface area (TPSA) is 50.1 Å². The Labute approximate surface area is 156 Å². The fourth-order valence-corrected chi connectivity index (χ4v) is 3.48. The second-order valence-corrected chi connectivity index (χ2v) is 7.03. The molecule has 6 nitrogen and oxygen atoms in total. The molecule has 3 aromatic rings. The molecule has 1 aliphatic heterocycles. The minimum absolute atomic E-state index is 0.516. The van der Waals surface area contributed by atoms with Gasteiger partial charge >= 0.3 is 0 Å². The Kier molecular flexibility index (Phi) is 4.50. The first kappa shape index (κ1) is 16.6. The van der Waals surface area contributed by atoms with Crippen molar-refractivity contribution in [3.63, 3.8) is 0 Å². The smallest absolute Gasteiger partial charge is 0.163 e. The molecule has 130 valence electrons. The van der Waals surface area contributed by atoms with Crippen molar-refractivity contribution in [2.24, 2.45) is 0 Å². The molecule has 4 rings (SSSR count). The van der Waals surface area contributed by atoms with Crippen LogP contribution in [-0.4, -0.2) is 57.9 Å². The number of nitrogens with zero attached hydrogens (tertiary/aromatic N) is 6. The highest BCUT2D eigenvalue weighted by Gasteiger charge is 2.19. The van der Waals surface area contributed by atoms with E-state index in [1.807, 2.05) is 23.0 Å². The quantitative estimate of drug-likeness (QED) is 0.703. The van der Waals surface area contributed by atoms with Crippen molar-refractivity contribution in [2.75, 3.05) is 38.1 Å². The Morgan fingerprint density at radius 1 is 1.08 bits per heavy atom. The van der Waals surface area contributed by atoms with Crippen molar-refractivity contribution in [1.29, 1.82) is 0 Å². The maximum atomic E-state index is 6.31. The Balaban J connectivity index is 1.68. The van der Waals surface area contributed by atoms with Crippen LogP contribution in [0, 0.1) is 0 Å². The lowest BCUT2D eigenvalue weighted by Gasteiger charge is -2.33. The van der Waals surface area contributed by atoms with Crippen LogP contribution in [0.2, 0.25) is 10.0 Å². The number of anilines is 1.